The number of ether oxygens (including phenoxy) is 1. The van der Waals surface area contributed by atoms with Crippen molar-refractivity contribution in [2.45, 2.75) is 32.9 Å². The molecule has 1 aromatic carbocycles. The first-order valence-electron chi connectivity index (χ1n) is 5.65. The van der Waals surface area contributed by atoms with E-state index >= 15 is 0 Å². The summed E-state index contributed by atoms with van der Waals surface area (Å²) in [5, 5.41) is 2.81. The highest BCUT2D eigenvalue weighted by Gasteiger charge is 2.13. The number of benzene rings is 1. The zero-order valence-electron chi connectivity index (χ0n) is 10.4. The molecule has 0 radical (unpaired) electrons. The van der Waals surface area contributed by atoms with Gasteiger partial charge in [-0.25, -0.2) is 0 Å². The number of amides is 1. The number of alkyl halides is 1. The fourth-order valence-electron chi connectivity index (χ4n) is 1.56. The average molecular weight is 256 g/mol. The lowest BCUT2D eigenvalue weighted by Crippen LogP contribution is -2.28. The van der Waals surface area contributed by atoms with E-state index in [9.17, 15) is 4.79 Å². The number of hydrogen-bond donors (Lipinski definition) is 1. The van der Waals surface area contributed by atoms with Crippen LogP contribution in [0.5, 0.6) is 5.75 Å². The molecule has 1 aromatic rings. The van der Waals surface area contributed by atoms with E-state index in [1.165, 1.54) is 0 Å². The van der Waals surface area contributed by atoms with Gasteiger partial charge in [0.1, 0.15) is 11.6 Å². The van der Waals surface area contributed by atoms with E-state index in [2.05, 4.69) is 5.32 Å². The van der Waals surface area contributed by atoms with E-state index in [0.29, 0.717) is 0 Å². The van der Waals surface area contributed by atoms with Crippen molar-refractivity contribution in [3.63, 3.8) is 0 Å². The van der Waals surface area contributed by atoms with Crippen molar-refractivity contribution in [2.24, 2.45) is 0 Å². The van der Waals surface area contributed by atoms with Crippen LogP contribution in [0.1, 0.15) is 32.4 Å². The van der Waals surface area contributed by atoms with Gasteiger partial charge in [0.15, 0.2) is 0 Å². The molecule has 0 aliphatic heterocycles. The normalized spacial score (nSPS) is 12.3. The zero-order valence-corrected chi connectivity index (χ0v) is 11.1. The van der Waals surface area contributed by atoms with E-state index in [4.69, 9.17) is 16.3 Å². The summed E-state index contributed by atoms with van der Waals surface area (Å²) >= 11 is 5.46. The molecular formula is C13H18ClNO2. The molecule has 17 heavy (non-hydrogen) atoms. The summed E-state index contributed by atoms with van der Waals surface area (Å²) in [6.45, 7) is 5.85. The van der Waals surface area contributed by atoms with Gasteiger partial charge in [0, 0.05) is 5.56 Å². The molecule has 1 amide bonds. The standard InChI is InChI=1S/C13H18ClNO2/c1-9(2)17-12-7-5-4-6-11(12)10(3)15-13(16)8-14/h4-7,9-10H,8H2,1-3H3,(H,15,16)/t10-/m0/s1. The van der Waals surface area contributed by atoms with Gasteiger partial charge in [-0.3, -0.25) is 4.79 Å². The summed E-state index contributed by atoms with van der Waals surface area (Å²) in [6, 6.07) is 7.56. The Balaban J connectivity index is 2.84. The van der Waals surface area contributed by atoms with Crippen LogP contribution in [0.2, 0.25) is 0 Å². The fraction of sp³-hybridized carbons (Fsp3) is 0.462. The van der Waals surface area contributed by atoms with Crippen molar-refractivity contribution in [1.82, 2.24) is 5.32 Å². The molecule has 0 fully saturated rings. The van der Waals surface area contributed by atoms with E-state index in [-0.39, 0.29) is 23.9 Å². The van der Waals surface area contributed by atoms with Gasteiger partial charge >= 0.3 is 0 Å². The van der Waals surface area contributed by atoms with Gasteiger partial charge in [0.25, 0.3) is 0 Å². The minimum Gasteiger partial charge on any atom is -0.491 e. The molecule has 0 unspecified atom stereocenters. The van der Waals surface area contributed by atoms with Crippen LogP contribution in [0.15, 0.2) is 24.3 Å². The number of nitrogens with one attached hydrogen (secondary N) is 1. The van der Waals surface area contributed by atoms with Crippen LogP contribution in [0.3, 0.4) is 0 Å². The molecule has 3 nitrogen and oxygen atoms in total. The molecule has 1 rings (SSSR count). The Morgan fingerprint density at radius 3 is 2.59 bits per heavy atom. The third-order valence-corrected chi connectivity index (χ3v) is 2.49. The summed E-state index contributed by atoms with van der Waals surface area (Å²) in [5.74, 6) is 0.584. The van der Waals surface area contributed by atoms with Crippen LogP contribution < -0.4 is 10.1 Å². The van der Waals surface area contributed by atoms with Crippen LogP contribution in [-0.2, 0) is 4.79 Å². The first-order chi connectivity index (χ1) is 8.04. The van der Waals surface area contributed by atoms with E-state index in [1.54, 1.807) is 0 Å². The molecule has 0 bridgehead atoms. The van der Waals surface area contributed by atoms with Crippen molar-refractivity contribution in [3.8, 4) is 5.75 Å². The monoisotopic (exact) mass is 255 g/mol. The molecule has 1 N–H and O–H groups in total. The van der Waals surface area contributed by atoms with Crippen LogP contribution in [-0.4, -0.2) is 17.9 Å². The van der Waals surface area contributed by atoms with Gasteiger partial charge in [0.2, 0.25) is 5.91 Å². The lowest BCUT2D eigenvalue weighted by Gasteiger charge is -2.19. The third kappa shape index (κ3) is 4.27. The molecule has 0 aromatic heterocycles. The quantitative estimate of drug-likeness (QED) is 0.822. The predicted molar refractivity (Wildman–Crippen MR) is 69.5 cm³/mol. The van der Waals surface area contributed by atoms with Crippen molar-refractivity contribution < 1.29 is 9.53 Å². The van der Waals surface area contributed by atoms with Crippen LogP contribution >= 0.6 is 11.6 Å². The first kappa shape index (κ1) is 13.8. The molecule has 0 heterocycles. The maximum absolute atomic E-state index is 11.2. The Labute approximate surface area is 107 Å². The molecular weight excluding hydrogens is 238 g/mol. The topological polar surface area (TPSA) is 38.3 Å². The lowest BCUT2D eigenvalue weighted by atomic mass is 10.1. The van der Waals surface area contributed by atoms with Crippen molar-refractivity contribution in [3.05, 3.63) is 29.8 Å². The molecule has 0 aliphatic rings. The average Bonchev–Trinajstić information content (AvgIpc) is 2.28. The molecule has 0 saturated carbocycles. The second kappa shape index (κ2) is 6.50. The maximum Gasteiger partial charge on any atom is 0.235 e. The first-order valence-corrected chi connectivity index (χ1v) is 6.19. The summed E-state index contributed by atoms with van der Waals surface area (Å²) < 4.78 is 5.70. The minimum atomic E-state index is -0.182. The summed E-state index contributed by atoms with van der Waals surface area (Å²) in [7, 11) is 0. The third-order valence-electron chi connectivity index (χ3n) is 2.25. The second-order valence-electron chi connectivity index (χ2n) is 4.13. The Morgan fingerprint density at radius 2 is 2.00 bits per heavy atom. The van der Waals surface area contributed by atoms with Gasteiger partial charge in [-0.1, -0.05) is 18.2 Å². The second-order valence-corrected chi connectivity index (χ2v) is 4.39. The Morgan fingerprint density at radius 1 is 1.35 bits per heavy atom. The number of rotatable bonds is 5. The fourth-order valence-corrected chi connectivity index (χ4v) is 1.63. The molecule has 1 atom stereocenters. The number of carbonyl (C=O) groups is 1. The highest BCUT2D eigenvalue weighted by Crippen LogP contribution is 2.25. The maximum atomic E-state index is 11.2. The van der Waals surface area contributed by atoms with Gasteiger partial charge in [-0.2, -0.15) is 0 Å². The van der Waals surface area contributed by atoms with Crippen molar-refractivity contribution in [2.75, 3.05) is 5.88 Å². The highest BCUT2D eigenvalue weighted by molar-refractivity contribution is 6.27. The molecule has 0 saturated heterocycles. The van der Waals surface area contributed by atoms with E-state index in [0.717, 1.165) is 11.3 Å². The number of halogens is 1. The van der Waals surface area contributed by atoms with Crippen LogP contribution in [0.25, 0.3) is 0 Å². The molecule has 94 valence electrons. The number of hydrogen-bond acceptors (Lipinski definition) is 2. The predicted octanol–water partition coefficient (Wildman–Crippen LogP) is 2.89. The summed E-state index contributed by atoms with van der Waals surface area (Å²) in [5.41, 5.74) is 0.958. The van der Waals surface area contributed by atoms with Gasteiger partial charge in [-0.05, 0) is 26.8 Å². The van der Waals surface area contributed by atoms with Crippen LogP contribution in [0.4, 0.5) is 0 Å². The zero-order chi connectivity index (χ0) is 12.8. The highest BCUT2D eigenvalue weighted by atomic mass is 35.5. The van der Waals surface area contributed by atoms with E-state index < -0.39 is 0 Å². The minimum absolute atomic E-state index is 0.0302. The van der Waals surface area contributed by atoms with Crippen molar-refractivity contribution >= 4 is 17.5 Å². The van der Waals surface area contributed by atoms with Gasteiger partial charge < -0.3 is 10.1 Å². The largest absolute Gasteiger partial charge is 0.491 e. The molecule has 0 aliphatic carbocycles. The molecule has 4 heteroatoms. The van der Waals surface area contributed by atoms with Gasteiger partial charge in [0.05, 0.1) is 12.1 Å². The number of carbonyl (C=O) groups excluding carboxylic acids is 1. The van der Waals surface area contributed by atoms with Crippen molar-refractivity contribution in [1.29, 1.82) is 0 Å². The Kier molecular flexibility index (Phi) is 5.29. The summed E-state index contributed by atoms with van der Waals surface area (Å²) in [6.07, 6.45) is 0.104. The smallest absolute Gasteiger partial charge is 0.235 e. The van der Waals surface area contributed by atoms with E-state index in [1.807, 2.05) is 45.0 Å². The lowest BCUT2D eigenvalue weighted by molar-refractivity contribution is -0.119. The summed E-state index contributed by atoms with van der Waals surface area (Å²) in [4.78, 5) is 11.2. The Hall–Kier alpha value is -1.22. The SMILES string of the molecule is CC(C)Oc1ccccc1[C@H](C)NC(=O)CCl. The Bertz CT molecular complexity index is 379. The number of para-hydroxylation sites is 1. The molecule has 0 spiro atoms. The van der Waals surface area contributed by atoms with Gasteiger partial charge in [-0.15, -0.1) is 11.6 Å². The van der Waals surface area contributed by atoms with Crippen LogP contribution in [0, 0.1) is 0 Å².